The van der Waals surface area contributed by atoms with Crippen LogP contribution in [-0.4, -0.2) is 21.6 Å². The van der Waals surface area contributed by atoms with E-state index in [0.717, 1.165) is 50.3 Å². The Morgan fingerprint density at radius 3 is 2.53 bits per heavy atom. The lowest BCUT2D eigenvalue weighted by Gasteiger charge is -2.24. The van der Waals surface area contributed by atoms with Crippen molar-refractivity contribution >= 4 is 5.91 Å². The summed E-state index contributed by atoms with van der Waals surface area (Å²) in [5.41, 5.74) is -3.33. The zero-order valence-corrected chi connectivity index (χ0v) is 18.9. The maximum Gasteiger partial charge on any atom is 0.416 e. The standard InChI is InChI=1S/C24H27F3N4O3/c1-2-3-11-30-15-20(21(32)29-14-17-9-7-16(13-28)8-10-17)22(33)31(23(30)34)19-6-4-5-18(12-19)24(25,26)27/h4-6,12,15-17H,2-3,7-11,14H2,1H3,(H,29,32). The molecule has 1 N–H and O–H groups in total. The third-order valence-electron chi connectivity index (χ3n) is 6.16. The maximum atomic E-state index is 13.2. The van der Waals surface area contributed by atoms with Crippen LogP contribution in [0.2, 0.25) is 0 Å². The zero-order chi connectivity index (χ0) is 24.9. The van der Waals surface area contributed by atoms with Crippen LogP contribution in [0.15, 0.2) is 40.1 Å². The minimum atomic E-state index is -4.65. The summed E-state index contributed by atoms with van der Waals surface area (Å²) in [7, 11) is 0. The van der Waals surface area contributed by atoms with E-state index in [1.807, 2.05) is 6.92 Å². The van der Waals surface area contributed by atoms with Gasteiger partial charge in [-0.05, 0) is 56.2 Å². The summed E-state index contributed by atoms with van der Waals surface area (Å²) in [5, 5.41) is 11.7. The summed E-state index contributed by atoms with van der Waals surface area (Å²) in [6.07, 6.45) is 0.924. The van der Waals surface area contributed by atoms with Gasteiger partial charge in [-0.2, -0.15) is 18.4 Å². The van der Waals surface area contributed by atoms with E-state index in [4.69, 9.17) is 5.26 Å². The molecule has 1 saturated carbocycles. The SMILES string of the molecule is CCCCn1cc(C(=O)NCC2CCC(C#N)CC2)c(=O)n(-c2cccc(C(F)(F)F)c2)c1=O. The predicted molar refractivity (Wildman–Crippen MR) is 120 cm³/mol. The Bertz CT molecular complexity index is 1190. The number of carbonyl (C=O) groups excluding carboxylic acids is 1. The molecule has 1 aromatic carbocycles. The molecule has 10 heteroatoms. The van der Waals surface area contributed by atoms with E-state index < -0.39 is 28.9 Å². The number of hydrogen-bond donors (Lipinski definition) is 1. The number of rotatable bonds is 7. The normalized spacial score (nSPS) is 18.3. The van der Waals surface area contributed by atoms with Crippen molar-refractivity contribution in [3.63, 3.8) is 0 Å². The fraction of sp³-hybridized carbons (Fsp3) is 0.500. The monoisotopic (exact) mass is 476 g/mol. The molecule has 182 valence electrons. The Morgan fingerprint density at radius 2 is 1.91 bits per heavy atom. The minimum absolute atomic E-state index is 0.0220. The van der Waals surface area contributed by atoms with E-state index in [1.165, 1.54) is 16.8 Å². The Balaban J connectivity index is 1.95. The molecule has 0 spiro atoms. The molecule has 7 nitrogen and oxygen atoms in total. The van der Waals surface area contributed by atoms with Crippen molar-refractivity contribution in [1.29, 1.82) is 5.26 Å². The van der Waals surface area contributed by atoms with Crippen LogP contribution in [0.4, 0.5) is 13.2 Å². The molecule has 1 aromatic heterocycles. The number of nitrogens with zero attached hydrogens (tertiary/aromatic N) is 3. The Labute approximate surface area is 194 Å². The fourth-order valence-electron chi connectivity index (χ4n) is 4.12. The molecule has 0 bridgehead atoms. The largest absolute Gasteiger partial charge is 0.416 e. The summed E-state index contributed by atoms with van der Waals surface area (Å²) >= 11 is 0. The molecule has 3 rings (SSSR count). The Kier molecular flexibility index (Phi) is 7.97. The number of nitriles is 1. The molecule has 1 heterocycles. The summed E-state index contributed by atoms with van der Waals surface area (Å²) in [6, 6.07) is 6.17. The van der Waals surface area contributed by atoms with E-state index in [1.54, 1.807) is 0 Å². The van der Waals surface area contributed by atoms with Gasteiger partial charge in [0.05, 0.1) is 17.3 Å². The number of aromatic nitrogens is 2. The lowest BCUT2D eigenvalue weighted by molar-refractivity contribution is -0.137. The average molecular weight is 476 g/mol. The van der Waals surface area contributed by atoms with Crippen molar-refractivity contribution in [3.05, 3.63) is 62.4 Å². The fourth-order valence-corrected chi connectivity index (χ4v) is 4.12. The van der Waals surface area contributed by atoms with Gasteiger partial charge in [0.2, 0.25) is 0 Å². The molecule has 1 aliphatic carbocycles. The maximum absolute atomic E-state index is 13.2. The molecular weight excluding hydrogens is 449 g/mol. The van der Waals surface area contributed by atoms with Crippen molar-refractivity contribution in [1.82, 2.24) is 14.5 Å². The number of hydrogen-bond acceptors (Lipinski definition) is 4. The van der Waals surface area contributed by atoms with E-state index in [2.05, 4.69) is 11.4 Å². The number of amides is 1. The summed E-state index contributed by atoms with van der Waals surface area (Å²) in [5.74, 6) is -0.489. The smallest absolute Gasteiger partial charge is 0.352 e. The van der Waals surface area contributed by atoms with Crippen molar-refractivity contribution in [3.8, 4) is 11.8 Å². The molecule has 0 atom stereocenters. The van der Waals surface area contributed by atoms with Gasteiger partial charge in [0.15, 0.2) is 0 Å². The predicted octanol–water partition coefficient (Wildman–Crippen LogP) is 3.88. The number of halogens is 3. The molecular formula is C24H27F3N4O3. The number of alkyl halides is 3. The molecule has 0 saturated heterocycles. The van der Waals surface area contributed by atoms with E-state index in [-0.39, 0.29) is 29.6 Å². The topological polar surface area (TPSA) is 96.9 Å². The number of nitrogens with one attached hydrogen (secondary N) is 1. The highest BCUT2D eigenvalue weighted by molar-refractivity contribution is 5.93. The highest BCUT2D eigenvalue weighted by Gasteiger charge is 2.31. The molecule has 2 aromatic rings. The minimum Gasteiger partial charge on any atom is -0.352 e. The first kappa shape index (κ1) is 25.3. The van der Waals surface area contributed by atoms with Gasteiger partial charge >= 0.3 is 11.9 Å². The van der Waals surface area contributed by atoms with Gasteiger partial charge in [0.1, 0.15) is 5.56 Å². The first-order valence-electron chi connectivity index (χ1n) is 11.4. The van der Waals surface area contributed by atoms with Crippen LogP contribution < -0.4 is 16.6 Å². The Hall–Kier alpha value is -3.35. The van der Waals surface area contributed by atoms with Crippen LogP contribution in [0.1, 0.15) is 61.4 Å². The van der Waals surface area contributed by atoms with Crippen molar-refractivity contribution < 1.29 is 18.0 Å². The van der Waals surface area contributed by atoms with E-state index in [0.29, 0.717) is 17.5 Å². The zero-order valence-electron chi connectivity index (χ0n) is 18.9. The van der Waals surface area contributed by atoms with Crippen LogP contribution in [0.5, 0.6) is 0 Å². The lowest BCUT2D eigenvalue weighted by atomic mass is 9.83. The van der Waals surface area contributed by atoms with Crippen molar-refractivity contribution in [2.24, 2.45) is 11.8 Å². The number of aryl methyl sites for hydroxylation is 1. The van der Waals surface area contributed by atoms with Crippen LogP contribution >= 0.6 is 0 Å². The van der Waals surface area contributed by atoms with Gasteiger partial charge < -0.3 is 5.32 Å². The number of carbonyl (C=O) groups is 1. The first-order valence-corrected chi connectivity index (χ1v) is 11.4. The third kappa shape index (κ3) is 5.76. The van der Waals surface area contributed by atoms with Crippen molar-refractivity contribution in [2.45, 2.75) is 58.2 Å². The average Bonchev–Trinajstić information content (AvgIpc) is 2.82. The van der Waals surface area contributed by atoms with Crippen LogP contribution in [0, 0.1) is 23.2 Å². The molecule has 0 radical (unpaired) electrons. The lowest BCUT2D eigenvalue weighted by Crippen LogP contribution is -2.44. The molecule has 0 aliphatic heterocycles. The first-order chi connectivity index (χ1) is 16.2. The summed E-state index contributed by atoms with van der Waals surface area (Å²) in [6.45, 7) is 2.43. The highest BCUT2D eigenvalue weighted by Crippen LogP contribution is 2.30. The molecule has 1 aliphatic rings. The third-order valence-corrected chi connectivity index (χ3v) is 6.16. The van der Waals surface area contributed by atoms with E-state index >= 15 is 0 Å². The number of benzene rings is 1. The van der Waals surface area contributed by atoms with Crippen molar-refractivity contribution in [2.75, 3.05) is 6.54 Å². The van der Waals surface area contributed by atoms with Crippen LogP contribution in [-0.2, 0) is 12.7 Å². The molecule has 1 fully saturated rings. The van der Waals surface area contributed by atoms with Crippen LogP contribution in [0.25, 0.3) is 5.69 Å². The second kappa shape index (κ2) is 10.7. The highest BCUT2D eigenvalue weighted by atomic mass is 19.4. The molecule has 1 amide bonds. The quantitative estimate of drug-likeness (QED) is 0.656. The second-order valence-electron chi connectivity index (χ2n) is 8.62. The second-order valence-corrected chi connectivity index (χ2v) is 8.62. The van der Waals surface area contributed by atoms with Gasteiger partial charge in [-0.3, -0.25) is 14.2 Å². The number of unbranched alkanes of at least 4 members (excludes halogenated alkanes) is 1. The van der Waals surface area contributed by atoms with Gasteiger partial charge in [-0.1, -0.05) is 19.4 Å². The van der Waals surface area contributed by atoms with Gasteiger partial charge in [0.25, 0.3) is 11.5 Å². The molecule has 34 heavy (non-hydrogen) atoms. The van der Waals surface area contributed by atoms with Crippen LogP contribution in [0.3, 0.4) is 0 Å². The van der Waals surface area contributed by atoms with Gasteiger partial charge in [0, 0.05) is 25.2 Å². The van der Waals surface area contributed by atoms with Gasteiger partial charge in [-0.15, -0.1) is 0 Å². The Morgan fingerprint density at radius 1 is 1.21 bits per heavy atom. The summed E-state index contributed by atoms with van der Waals surface area (Å²) < 4.78 is 41.4. The van der Waals surface area contributed by atoms with E-state index in [9.17, 15) is 27.6 Å². The van der Waals surface area contributed by atoms with Gasteiger partial charge in [-0.25, -0.2) is 9.36 Å². The molecule has 0 unspecified atom stereocenters. The summed E-state index contributed by atoms with van der Waals surface area (Å²) in [4.78, 5) is 39.0.